The summed E-state index contributed by atoms with van der Waals surface area (Å²) in [6.07, 6.45) is 0.231. The topological polar surface area (TPSA) is 118 Å². The third-order valence-electron chi connectivity index (χ3n) is 2.69. The van der Waals surface area contributed by atoms with Gasteiger partial charge in [-0.25, -0.2) is 13.6 Å². The standard InChI is InChI=1S/C12H16N2O5S/c1-3-10(15)8-4-5-9(14(2)7-12(16)17)11(6-8)20(13,18)19/h4-6H,3,7H2,1-2H3,(H,16,17)(H2,13,18,19). The number of nitrogens with two attached hydrogens (primary N) is 1. The minimum atomic E-state index is -4.07. The van der Waals surface area contributed by atoms with E-state index in [0.717, 1.165) is 0 Å². The molecule has 0 unspecified atom stereocenters. The molecule has 0 atom stereocenters. The molecule has 0 spiro atoms. The number of nitrogens with zero attached hydrogens (tertiary/aromatic N) is 1. The van der Waals surface area contributed by atoms with Crippen molar-refractivity contribution in [2.75, 3.05) is 18.5 Å². The van der Waals surface area contributed by atoms with Gasteiger partial charge in [0.15, 0.2) is 5.78 Å². The Morgan fingerprint density at radius 2 is 1.95 bits per heavy atom. The molecule has 20 heavy (non-hydrogen) atoms. The van der Waals surface area contributed by atoms with E-state index in [-0.39, 0.29) is 34.9 Å². The van der Waals surface area contributed by atoms with Crippen LogP contribution in [-0.2, 0) is 14.8 Å². The lowest BCUT2D eigenvalue weighted by Gasteiger charge is -2.20. The highest BCUT2D eigenvalue weighted by molar-refractivity contribution is 7.89. The largest absolute Gasteiger partial charge is 0.480 e. The second-order valence-electron chi connectivity index (χ2n) is 4.25. The number of carbonyl (C=O) groups excluding carboxylic acids is 1. The van der Waals surface area contributed by atoms with Gasteiger partial charge in [-0.15, -0.1) is 0 Å². The van der Waals surface area contributed by atoms with Crippen LogP contribution in [-0.4, -0.2) is 38.9 Å². The van der Waals surface area contributed by atoms with Crippen LogP contribution in [0.2, 0.25) is 0 Å². The van der Waals surface area contributed by atoms with Crippen LogP contribution in [0.15, 0.2) is 23.1 Å². The summed E-state index contributed by atoms with van der Waals surface area (Å²) in [6, 6.07) is 4.01. The summed E-state index contributed by atoms with van der Waals surface area (Å²) in [5, 5.41) is 13.9. The van der Waals surface area contributed by atoms with Gasteiger partial charge in [0.25, 0.3) is 0 Å². The Kier molecular flexibility index (Phi) is 4.85. The molecular formula is C12H16N2O5S. The molecule has 0 aliphatic rings. The summed E-state index contributed by atoms with van der Waals surface area (Å²) in [5.74, 6) is -1.33. The van der Waals surface area contributed by atoms with Crippen LogP contribution in [0.5, 0.6) is 0 Å². The van der Waals surface area contributed by atoms with Crippen LogP contribution < -0.4 is 10.0 Å². The Balaban J connectivity index is 3.39. The minimum Gasteiger partial charge on any atom is -0.480 e. The maximum Gasteiger partial charge on any atom is 0.323 e. The van der Waals surface area contributed by atoms with Crippen molar-refractivity contribution in [1.29, 1.82) is 0 Å². The number of hydrogen-bond acceptors (Lipinski definition) is 5. The van der Waals surface area contributed by atoms with Crippen molar-refractivity contribution in [3.8, 4) is 0 Å². The minimum absolute atomic E-state index is 0.141. The number of hydrogen-bond donors (Lipinski definition) is 2. The highest BCUT2D eigenvalue weighted by Crippen LogP contribution is 2.25. The Labute approximate surface area is 117 Å². The molecule has 0 saturated carbocycles. The van der Waals surface area contributed by atoms with Crippen LogP contribution in [0.25, 0.3) is 0 Å². The zero-order valence-corrected chi connectivity index (χ0v) is 12.0. The first-order valence-electron chi connectivity index (χ1n) is 5.79. The van der Waals surface area contributed by atoms with E-state index >= 15 is 0 Å². The highest BCUT2D eigenvalue weighted by Gasteiger charge is 2.20. The van der Waals surface area contributed by atoms with Crippen molar-refractivity contribution in [3.05, 3.63) is 23.8 Å². The fourth-order valence-electron chi connectivity index (χ4n) is 1.72. The predicted octanol–water partition coefficient (Wildman–Crippen LogP) is 0.448. The molecule has 0 amide bonds. The number of likely N-dealkylation sites (N-methyl/N-ethyl adjacent to an activating group) is 1. The Hall–Kier alpha value is -1.93. The summed E-state index contributed by atoms with van der Waals surface area (Å²) < 4.78 is 23.2. The van der Waals surface area contributed by atoms with Crippen LogP contribution in [0.4, 0.5) is 5.69 Å². The monoisotopic (exact) mass is 300 g/mol. The summed E-state index contributed by atoms with van der Waals surface area (Å²) in [7, 11) is -2.64. The molecule has 0 aliphatic carbocycles. The smallest absolute Gasteiger partial charge is 0.323 e. The summed E-state index contributed by atoms with van der Waals surface area (Å²) in [4.78, 5) is 23.3. The van der Waals surface area contributed by atoms with Crippen molar-refractivity contribution >= 4 is 27.5 Å². The first-order valence-corrected chi connectivity index (χ1v) is 7.34. The van der Waals surface area contributed by atoms with Crippen LogP contribution >= 0.6 is 0 Å². The number of carboxylic acid groups (broad SMARTS) is 1. The number of sulfonamides is 1. The van der Waals surface area contributed by atoms with Gasteiger partial charge in [-0.05, 0) is 18.2 Å². The number of carbonyl (C=O) groups is 2. The number of benzene rings is 1. The van der Waals surface area contributed by atoms with Crippen LogP contribution in [0, 0.1) is 0 Å². The summed E-state index contributed by atoms with van der Waals surface area (Å²) in [5.41, 5.74) is 0.367. The van der Waals surface area contributed by atoms with E-state index in [1.807, 2.05) is 0 Å². The van der Waals surface area contributed by atoms with Gasteiger partial charge >= 0.3 is 5.97 Å². The number of Topliss-reactive ketones (excluding diaryl/α,β-unsaturated/α-hetero) is 1. The summed E-state index contributed by atoms with van der Waals surface area (Å²) >= 11 is 0. The van der Waals surface area contributed by atoms with Gasteiger partial charge in [-0.1, -0.05) is 6.92 Å². The molecule has 0 saturated heterocycles. The maximum absolute atomic E-state index is 11.6. The Morgan fingerprint density at radius 3 is 2.40 bits per heavy atom. The molecule has 7 nitrogen and oxygen atoms in total. The first kappa shape index (κ1) is 16.1. The molecule has 3 N–H and O–H groups in total. The number of ketones is 1. The van der Waals surface area contributed by atoms with Gasteiger partial charge in [0.1, 0.15) is 11.4 Å². The van der Waals surface area contributed by atoms with E-state index in [1.165, 1.54) is 30.1 Å². The first-order chi connectivity index (χ1) is 9.16. The fraction of sp³-hybridized carbons (Fsp3) is 0.333. The lowest BCUT2D eigenvalue weighted by Crippen LogP contribution is -2.28. The van der Waals surface area contributed by atoms with Gasteiger partial charge in [0.2, 0.25) is 10.0 Å². The third kappa shape index (κ3) is 3.78. The molecule has 0 fully saturated rings. The molecule has 0 heterocycles. The van der Waals surface area contributed by atoms with Gasteiger partial charge in [-0.3, -0.25) is 9.59 Å². The van der Waals surface area contributed by atoms with Crippen LogP contribution in [0.1, 0.15) is 23.7 Å². The highest BCUT2D eigenvalue weighted by atomic mass is 32.2. The molecule has 0 bridgehead atoms. The third-order valence-corrected chi connectivity index (χ3v) is 3.63. The van der Waals surface area contributed by atoms with Crippen molar-refractivity contribution in [2.24, 2.45) is 5.14 Å². The molecule has 0 aromatic heterocycles. The average molecular weight is 300 g/mol. The zero-order chi connectivity index (χ0) is 15.5. The number of rotatable bonds is 6. The molecule has 1 aromatic rings. The second-order valence-corrected chi connectivity index (χ2v) is 5.78. The van der Waals surface area contributed by atoms with Gasteiger partial charge in [0, 0.05) is 19.0 Å². The predicted molar refractivity (Wildman–Crippen MR) is 73.3 cm³/mol. The molecule has 8 heteroatoms. The molecule has 1 rings (SSSR count). The lowest BCUT2D eigenvalue weighted by atomic mass is 10.1. The number of aliphatic carboxylic acids is 1. The molecule has 0 radical (unpaired) electrons. The lowest BCUT2D eigenvalue weighted by molar-refractivity contribution is -0.135. The van der Waals surface area contributed by atoms with Gasteiger partial charge in [0.05, 0.1) is 5.69 Å². The zero-order valence-electron chi connectivity index (χ0n) is 11.2. The SMILES string of the molecule is CCC(=O)c1ccc(N(C)CC(=O)O)c(S(N)(=O)=O)c1. The van der Waals surface area contributed by atoms with E-state index < -0.39 is 16.0 Å². The van der Waals surface area contributed by atoms with Crippen molar-refractivity contribution in [2.45, 2.75) is 18.2 Å². The molecular weight excluding hydrogens is 284 g/mol. The van der Waals surface area contributed by atoms with Gasteiger partial charge < -0.3 is 10.0 Å². The van der Waals surface area contributed by atoms with E-state index in [0.29, 0.717) is 0 Å². The van der Waals surface area contributed by atoms with Crippen LogP contribution in [0.3, 0.4) is 0 Å². The fourth-order valence-corrected chi connectivity index (χ4v) is 2.53. The van der Waals surface area contributed by atoms with E-state index in [9.17, 15) is 18.0 Å². The number of carboxylic acids is 1. The number of primary sulfonamides is 1. The molecule has 1 aromatic carbocycles. The van der Waals surface area contributed by atoms with E-state index in [2.05, 4.69) is 0 Å². The Morgan fingerprint density at radius 1 is 1.35 bits per heavy atom. The van der Waals surface area contributed by atoms with Crippen molar-refractivity contribution < 1.29 is 23.1 Å². The summed E-state index contributed by atoms with van der Waals surface area (Å²) in [6.45, 7) is 1.27. The van der Waals surface area contributed by atoms with E-state index in [1.54, 1.807) is 6.92 Å². The molecule has 110 valence electrons. The molecule has 0 aliphatic heterocycles. The quantitative estimate of drug-likeness (QED) is 0.736. The average Bonchev–Trinajstić information content (AvgIpc) is 2.35. The van der Waals surface area contributed by atoms with Crippen molar-refractivity contribution in [3.63, 3.8) is 0 Å². The van der Waals surface area contributed by atoms with E-state index in [4.69, 9.17) is 10.2 Å². The normalized spacial score (nSPS) is 11.2. The maximum atomic E-state index is 11.6. The second kappa shape index (κ2) is 6.02. The van der Waals surface area contributed by atoms with Gasteiger partial charge in [-0.2, -0.15) is 0 Å². The number of anilines is 1. The van der Waals surface area contributed by atoms with Crippen molar-refractivity contribution in [1.82, 2.24) is 0 Å². The Bertz CT molecular complexity index is 639.